The summed E-state index contributed by atoms with van der Waals surface area (Å²) in [5.41, 5.74) is 8.93. The van der Waals surface area contributed by atoms with Gasteiger partial charge in [0, 0.05) is 18.4 Å². The van der Waals surface area contributed by atoms with Crippen LogP contribution in [0.15, 0.2) is 42.6 Å². The summed E-state index contributed by atoms with van der Waals surface area (Å²) in [5, 5.41) is 0. The molecule has 0 saturated carbocycles. The van der Waals surface area contributed by atoms with E-state index >= 15 is 0 Å². The van der Waals surface area contributed by atoms with E-state index in [1.54, 1.807) is 17.2 Å². The second-order valence-electron chi connectivity index (χ2n) is 4.73. The van der Waals surface area contributed by atoms with Crippen molar-refractivity contribution in [3.8, 4) is 0 Å². The van der Waals surface area contributed by atoms with Gasteiger partial charge in [0.1, 0.15) is 0 Å². The maximum absolute atomic E-state index is 12.5. The number of rotatable bonds is 4. The number of aromatic nitrogens is 1. The second-order valence-corrected chi connectivity index (χ2v) is 4.73. The van der Waals surface area contributed by atoms with Crippen molar-refractivity contribution in [3.05, 3.63) is 59.4 Å². The Morgan fingerprint density at radius 2 is 2.10 bits per heavy atom. The average Bonchev–Trinajstić information content (AvgIpc) is 2.45. The minimum Gasteiger partial charge on any atom is -0.398 e. The van der Waals surface area contributed by atoms with Crippen LogP contribution in [0.1, 0.15) is 28.5 Å². The molecule has 4 heteroatoms. The summed E-state index contributed by atoms with van der Waals surface area (Å²) >= 11 is 0. The number of pyridine rings is 1. The van der Waals surface area contributed by atoms with Gasteiger partial charge in [-0.1, -0.05) is 12.1 Å². The summed E-state index contributed by atoms with van der Waals surface area (Å²) in [7, 11) is 0. The molecule has 1 aromatic heterocycles. The van der Waals surface area contributed by atoms with Crippen LogP contribution in [-0.2, 0) is 6.54 Å². The molecule has 0 atom stereocenters. The second kappa shape index (κ2) is 6.19. The Hall–Kier alpha value is -2.36. The number of hydrogen-bond acceptors (Lipinski definition) is 3. The highest BCUT2D eigenvalue weighted by Crippen LogP contribution is 2.17. The molecule has 1 aromatic carbocycles. The zero-order valence-electron chi connectivity index (χ0n) is 11.8. The average molecular weight is 269 g/mol. The monoisotopic (exact) mass is 269 g/mol. The van der Waals surface area contributed by atoms with Crippen molar-refractivity contribution in [1.82, 2.24) is 9.88 Å². The zero-order chi connectivity index (χ0) is 14.5. The fourth-order valence-electron chi connectivity index (χ4n) is 2.06. The molecule has 0 radical (unpaired) electrons. The highest BCUT2D eigenvalue weighted by atomic mass is 16.2. The lowest BCUT2D eigenvalue weighted by Gasteiger charge is -2.21. The maximum atomic E-state index is 12.5. The van der Waals surface area contributed by atoms with Crippen molar-refractivity contribution in [2.45, 2.75) is 20.4 Å². The third-order valence-corrected chi connectivity index (χ3v) is 3.19. The van der Waals surface area contributed by atoms with E-state index in [0.717, 1.165) is 11.3 Å². The summed E-state index contributed by atoms with van der Waals surface area (Å²) in [5.74, 6) is -0.0596. The molecule has 0 aliphatic heterocycles. The van der Waals surface area contributed by atoms with Crippen LogP contribution < -0.4 is 5.73 Å². The van der Waals surface area contributed by atoms with Crippen molar-refractivity contribution in [1.29, 1.82) is 0 Å². The molecule has 0 fully saturated rings. The lowest BCUT2D eigenvalue weighted by atomic mass is 10.1. The summed E-state index contributed by atoms with van der Waals surface area (Å²) in [6, 6.07) is 11.2. The first-order valence-electron chi connectivity index (χ1n) is 6.67. The standard InChI is InChI=1S/C16H19N3O/c1-3-19(11-13-6-4-5-9-18-13)16(20)14-8-7-12(2)10-15(14)17/h4-10H,3,11,17H2,1-2H3. The number of nitrogens with two attached hydrogens (primary N) is 1. The minimum atomic E-state index is -0.0596. The molecule has 2 N–H and O–H groups in total. The largest absolute Gasteiger partial charge is 0.398 e. The summed E-state index contributed by atoms with van der Waals surface area (Å²) in [6.07, 6.45) is 1.73. The van der Waals surface area contributed by atoms with Crippen molar-refractivity contribution in [2.24, 2.45) is 0 Å². The van der Waals surface area contributed by atoms with E-state index in [-0.39, 0.29) is 5.91 Å². The molecule has 20 heavy (non-hydrogen) atoms. The zero-order valence-corrected chi connectivity index (χ0v) is 11.8. The van der Waals surface area contributed by atoms with Crippen LogP contribution in [0, 0.1) is 6.92 Å². The Kier molecular flexibility index (Phi) is 4.35. The van der Waals surface area contributed by atoms with Gasteiger partial charge in [0.15, 0.2) is 0 Å². The number of carbonyl (C=O) groups is 1. The predicted molar refractivity (Wildman–Crippen MR) is 80.2 cm³/mol. The number of benzene rings is 1. The predicted octanol–water partition coefficient (Wildman–Crippen LogP) is 2.63. The lowest BCUT2D eigenvalue weighted by Crippen LogP contribution is -2.31. The molecular weight excluding hydrogens is 250 g/mol. The van der Waals surface area contributed by atoms with E-state index in [2.05, 4.69) is 4.98 Å². The summed E-state index contributed by atoms with van der Waals surface area (Å²) < 4.78 is 0. The van der Waals surface area contributed by atoms with Crippen LogP contribution in [-0.4, -0.2) is 22.3 Å². The molecule has 1 heterocycles. The van der Waals surface area contributed by atoms with Gasteiger partial charge in [-0.3, -0.25) is 9.78 Å². The molecule has 4 nitrogen and oxygen atoms in total. The van der Waals surface area contributed by atoms with Gasteiger partial charge < -0.3 is 10.6 Å². The van der Waals surface area contributed by atoms with Crippen molar-refractivity contribution in [2.75, 3.05) is 12.3 Å². The summed E-state index contributed by atoms with van der Waals surface area (Å²) in [4.78, 5) is 18.5. The van der Waals surface area contributed by atoms with E-state index in [0.29, 0.717) is 24.3 Å². The first-order valence-corrected chi connectivity index (χ1v) is 6.67. The number of hydrogen-bond donors (Lipinski definition) is 1. The van der Waals surface area contributed by atoms with Crippen molar-refractivity contribution in [3.63, 3.8) is 0 Å². The minimum absolute atomic E-state index is 0.0596. The maximum Gasteiger partial charge on any atom is 0.256 e. The van der Waals surface area contributed by atoms with Gasteiger partial charge in [-0.25, -0.2) is 0 Å². The highest BCUT2D eigenvalue weighted by Gasteiger charge is 2.17. The topological polar surface area (TPSA) is 59.2 Å². The van der Waals surface area contributed by atoms with Gasteiger partial charge in [0.25, 0.3) is 5.91 Å². The highest BCUT2D eigenvalue weighted by molar-refractivity contribution is 5.99. The number of anilines is 1. The van der Waals surface area contributed by atoms with Crippen molar-refractivity contribution >= 4 is 11.6 Å². The molecular formula is C16H19N3O. The van der Waals surface area contributed by atoms with Gasteiger partial charge >= 0.3 is 0 Å². The van der Waals surface area contributed by atoms with E-state index in [1.165, 1.54) is 0 Å². The number of carbonyl (C=O) groups excluding carboxylic acids is 1. The quantitative estimate of drug-likeness (QED) is 0.868. The Morgan fingerprint density at radius 3 is 2.70 bits per heavy atom. The number of aryl methyl sites for hydroxylation is 1. The molecule has 1 amide bonds. The smallest absolute Gasteiger partial charge is 0.256 e. The fourth-order valence-corrected chi connectivity index (χ4v) is 2.06. The van der Waals surface area contributed by atoms with Crippen LogP contribution in [0.4, 0.5) is 5.69 Å². The van der Waals surface area contributed by atoms with Gasteiger partial charge in [-0.15, -0.1) is 0 Å². The number of amides is 1. The molecule has 2 aromatic rings. The van der Waals surface area contributed by atoms with E-state index < -0.39 is 0 Å². The van der Waals surface area contributed by atoms with E-state index in [9.17, 15) is 4.79 Å². The third-order valence-electron chi connectivity index (χ3n) is 3.19. The third kappa shape index (κ3) is 3.15. The Balaban J connectivity index is 2.21. The van der Waals surface area contributed by atoms with Gasteiger partial charge in [-0.05, 0) is 43.7 Å². The molecule has 0 unspecified atom stereocenters. The molecule has 2 rings (SSSR count). The SMILES string of the molecule is CCN(Cc1ccccn1)C(=O)c1ccc(C)cc1N. The van der Waals surface area contributed by atoms with Gasteiger partial charge in [-0.2, -0.15) is 0 Å². The van der Waals surface area contributed by atoms with Crippen LogP contribution in [0.2, 0.25) is 0 Å². The van der Waals surface area contributed by atoms with Gasteiger partial charge in [0.05, 0.1) is 17.8 Å². The fraction of sp³-hybridized carbons (Fsp3) is 0.250. The molecule has 104 valence electrons. The molecule has 0 aliphatic rings. The first kappa shape index (κ1) is 14.1. The molecule has 0 bridgehead atoms. The van der Waals surface area contributed by atoms with E-state index in [4.69, 9.17) is 5.73 Å². The Bertz CT molecular complexity index is 596. The van der Waals surface area contributed by atoms with Crippen LogP contribution in [0.25, 0.3) is 0 Å². The van der Waals surface area contributed by atoms with Crippen LogP contribution >= 0.6 is 0 Å². The lowest BCUT2D eigenvalue weighted by molar-refractivity contribution is 0.0751. The van der Waals surface area contributed by atoms with Crippen LogP contribution in [0.5, 0.6) is 0 Å². The normalized spacial score (nSPS) is 10.3. The number of nitrogen functional groups attached to an aromatic ring is 1. The molecule has 0 saturated heterocycles. The Labute approximate surface area is 119 Å². The van der Waals surface area contributed by atoms with Crippen molar-refractivity contribution < 1.29 is 4.79 Å². The first-order chi connectivity index (χ1) is 9.61. The van der Waals surface area contributed by atoms with E-state index in [1.807, 2.05) is 44.2 Å². The number of nitrogens with zero attached hydrogens (tertiary/aromatic N) is 2. The Morgan fingerprint density at radius 1 is 1.30 bits per heavy atom. The summed E-state index contributed by atoms with van der Waals surface area (Å²) in [6.45, 7) is 5.01. The molecule has 0 spiro atoms. The van der Waals surface area contributed by atoms with Crippen LogP contribution in [0.3, 0.4) is 0 Å². The van der Waals surface area contributed by atoms with Gasteiger partial charge in [0.2, 0.25) is 0 Å². The molecule has 0 aliphatic carbocycles.